The molecule has 2 heterocycles. The number of H-pyrrole nitrogens is 1. The predicted molar refractivity (Wildman–Crippen MR) is 119 cm³/mol. The van der Waals surface area contributed by atoms with Crippen LogP contribution in [-0.4, -0.2) is 36.1 Å². The molecule has 5 aromatic rings. The average molecular weight is 436 g/mol. The maximum absolute atomic E-state index is 12.8. The largest absolute Gasteiger partial charge is 0.487 e. The first-order valence-corrected chi connectivity index (χ1v) is 9.94. The number of nitriles is 1. The Balaban J connectivity index is 1.41. The van der Waals surface area contributed by atoms with Crippen molar-refractivity contribution < 1.29 is 9.53 Å². The van der Waals surface area contributed by atoms with E-state index >= 15 is 0 Å². The molecule has 0 spiro atoms. The molecule has 0 bridgehead atoms. The molecule has 2 aromatic heterocycles. The molecule has 2 N–H and O–H groups in total. The van der Waals surface area contributed by atoms with Crippen LogP contribution in [0.4, 0.5) is 5.69 Å². The van der Waals surface area contributed by atoms with Crippen molar-refractivity contribution in [2.75, 3.05) is 5.32 Å². The number of ether oxygens (including phenoxy) is 1. The monoisotopic (exact) mass is 436 g/mol. The Morgan fingerprint density at radius 3 is 2.91 bits per heavy atom. The number of aromatic amines is 1. The Kier molecular flexibility index (Phi) is 5.19. The third-order valence-corrected chi connectivity index (χ3v) is 5.02. The van der Waals surface area contributed by atoms with Gasteiger partial charge in [-0.15, -0.1) is 5.10 Å². The van der Waals surface area contributed by atoms with Crippen LogP contribution in [0.15, 0.2) is 73.3 Å². The number of fused-ring (bicyclic) bond motifs is 1. The van der Waals surface area contributed by atoms with Gasteiger partial charge in [0.25, 0.3) is 5.91 Å². The number of nitrogens with one attached hydrogen (secondary N) is 2. The molecule has 10 heteroatoms. The summed E-state index contributed by atoms with van der Waals surface area (Å²) < 4.78 is 7.42. The number of tetrazole rings is 1. The lowest BCUT2D eigenvalue weighted by molar-refractivity contribution is 0.102. The summed E-state index contributed by atoms with van der Waals surface area (Å²) in [5.74, 6) is 0.220. The Morgan fingerprint density at radius 2 is 2.06 bits per heavy atom. The normalized spacial score (nSPS) is 10.6. The first-order chi connectivity index (χ1) is 16.2. The molecule has 160 valence electrons. The van der Waals surface area contributed by atoms with Gasteiger partial charge in [-0.2, -0.15) is 9.94 Å². The van der Waals surface area contributed by atoms with Crippen molar-refractivity contribution >= 4 is 22.6 Å². The number of nitrogens with zero attached hydrogens (tertiary/aromatic N) is 6. The van der Waals surface area contributed by atoms with Gasteiger partial charge in [0.15, 0.2) is 0 Å². The lowest BCUT2D eigenvalue weighted by Crippen LogP contribution is -2.12. The third kappa shape index (κ3) is 4.11. The van der Waals surface area contributed by atoms with Crippen LogP contribution in [0.2, 0.25) is 0 Å². The van der Waals surface area contributed by atoms with E-state index in [2.05, 4.69) is 36.9 Å². The van der Waals surface area contributed by atoms with Crippen LogP contribution in [-0.2, 0) is 6.61 Å². The van der Waals surface area contributed by atoms with Gasteiger partial charge in [0.2, 0.25) is 0 Å². The molecule has 1 amide bonds. The third-order valence-electron chi connectivity index (χ3n) is 5.02. The van der Waals surface area contributed by atoms with Crippen molar-refractivity contribution in [3.05, 3.63) is 90.0 Å². The van der Waals surface area contributed by atoms with Gasteiger partial charge in [0, 0.05) is 16.8 Å². The molecular formula is C23H16N8O2. The SMILES string of the molecule is N#Cc1ccccc1COc1ccc(NC(=O)c2ccc3nc[nH]c3c2)cc1-n1cnnn1. The summed E-state index contributed by atoms with van der Waals surface area (Å²) in [6.07, 6.45) is 3.02. The highest BCUT2D eigenvalue weighted by Crippen LogP contribution is 2.27. The summed E-state index contributed by atoms with van der Waals surface area (Å²) in [5.41, 5.74) is 4.43. The minimum Gasteiger partial charge on any atom is -0.487 e. The number of carbonyl (C=O) groups excluding carboxylic acids is 1. The number of imidazole rings is 1. The number of aromatic nitrogens is 6. The summed E-state index contributed by atoms with van der Waals surface area (Å²) in [5, 5.41) is 23.5. The van der Waals surface area contributed by atoms with Gasteiger partial charge >= 0.3 is 0 Å². The Morgan fingerprint density at radius 1 is 1.15 bits per heavy atom. The number of hydrogen-bond acceptors (Lipinski definition) is 7. The van der Waals surface area contributed by atoms with Crippen LogP contribution < -0.4 is 10.1 Å². The second-order valence-corrected chi connectivity index (χ2v) is 7.08. The fourth-order valence-corrected chi connectivity index (χ4v) is 3.36. The van der Waals surface area contributed by atoms with E-state index in [-0.39, 0.29) is 12.5 Å². The van der Waals surface area contributed by atoms with E-state index in [1.165, 1.54) is 11.0 Å². The van der Waals surface area contributed by atoms with E-state index in [0.717, 1.165) is 16.6 Å². The molecule has 33 heavy (non-hydrogen) atoms. The van der Waals surface area contributed by atoms with Crippen molar-refractivity contribution in [2.45, 2.75) is 6.61 Å². The Labute approximate surface area is 187 Å². The van der Waals surface area contributed by atoms with Crippen molar-refractivity contribution in [1.82, 2.24) is 30.2 Å². The zero-order valence-electron chi connectivity index (χ0n) is 17.1. The van der Waals surface area contributed by atoms with Crippen molar-refractivity contribution in [3.8, 4) is 17.5 Å². The molecule has 0 aliphatic rings. The minimum atomic E-state index is -0.272. The fraction of sp³-hybridized carbons (Fsp3) is 0.0435. The van der Waals surface area contributed by atoms with Crippen molar-refractivity contribution in [1.29, 1.82) is 5.26 Å². The van der Waals surface area contributed by atoms with Gasteiger partial charge in [0.05, 0.1) is 29.0 Å². The van der Waals surface area contributed by atoms with Crippen LogP contribution in [0, 0.1) is 11.3 Å². The second kappa shape index (κ2) is 8.60. The molecule has 0 saturated carbocycles. The highest BCUT2D eigenvalue weighted by molar-refractivity contribution is 6.06. The first-order valence-electron chi connectivity index (χ1n) is 9.94. The molecule has 3 aromatic carbocycles. The molecule has 0 aliphatic carbocycles. The van der Waals surface area contributed by atoms with E-state index in [9.17, 15) is 10.1 Å². The zero-order valence-corrected chi connectivity index (χ0v) is 17.1. The number of anilines is 1. The minimum absolute atomic E-state index is 0.189. The van der Waals surface area contributed by atoms with Crippen LogP contribution >= 0.6 is 0 Å². The molecule has 0 atom stereocenters. The summed E-state index contributed by atoms with van der Waals surface area (Å²) in [4.78, 5) is 19.9. The maximum Gasteiger partial charge on any atom is 0.255 e. The van der Waals surface area contributed by atoms with E-state index in [1.807, 2.05) is 12.1 Å². The van der Waals surface area contributed by atoms with Crippen LogP contribution in [0.25, 0.3) is 16.7 Å². The molecule has 0 fully saturated rings. The maximum atomic E-state index is 12.8. The highest BCUT2D eigenvalue weighted by atomic mass is 16.5. The van der Waals surface area contributed by atoms with Crippen LogP contribution in [0.3, 0.4) is 0 Å². The van der Waals surface area contributed by atoms with Crippen LogP contribution in [0.5, 0.6) is 5.75 Å². The molecule has 0 aliphatic heterocycles. The number of benzene rings is 3. The molecule has 10 nitrogen and oxygen atoms in total. The molecule has 0 saturated heterocycles. The van der Waals surface area contributed by atoms with Gasteiger partial charge < -0.3 is 15.0 Å². The lowest BCUT2D eigenvalue weighted by atomic mass is 10.1. The number of rotatable bonds is 6. The smallest absolute Gasteiger partial charge is 0.255 e. The molecular weight excluding hydrogens is 420 g/mol. The van der Waals surface area contributed by atoms with Gasteiger partial charge in [0.1, 0.15) is 24.4 Å². The first kappa shape index (κ1) is 19.9. The van der Waals surface area contributed by atoms with Gasteiger partial charge in [-0.3, -0.25) is 4.79 Å². The summed E-state index contributed by atoms with van der Waals surface area (Å²) >= 11 is 0. The number of hydrogen-bond donors (Lipinski definition) is 2. The lowest BCUT2D eigenvalue weighted by Gasteiger charge is -2.14. The predicted octanol–water partition coefficient (Wildman–Crippen LogP) is 3.24. The molecule has 0 unspecified atom stereocenters. The van der Waals surface area contributed by atoms with Gasteiger partial charge in [-0.25, -0.2) is 4.98 Å². The number of amides is 1. The zero-order chi connectivity index (χ0) is 22.6. The summed E-state index contributed by atoms with van der Waals surface area (Å²) in [6, 6.07) is 19.8. The summed E-state index contributed by atoms with van der Waals surface area (Å²) in [6.45, 7) is 0.189. The van der Waals surface area contributed by atoms with E-state index in [1.54, 1.807) is 54.9 Å². The quantitative estimate of drug-likeness (QED) is 0.417. The summed E-state index contributed by atoms with van der Waals surface area (Å²) in [7, 11) is 0. The Bertz CT molecular complexity index is 1480. The topological polar surface area (TPSA) is 134 Å². The van der Waals surface area contributed by atoms with Gasteiger partial charge in [-0.05, 0) is 52.9 Å². The highest BCUT2D eigenvalue weighted by Gasteiger charge is 2.13. The molecule has 5 rings (SSSR count). The fourth-order valence-electron chi connectivity index (χ4n) is 3.36. The van der Waals surface area contributed by atoms with Crippen LogP contribution in [0.1, 0.15) is 21.5 Å². The molecule has 0 radical (unpaired) electrons. The van der Waals surface area contributed by atoms with E-state index in [4.69, 9.17) is 4.74 Å². The standard InChI is InChI=1S/C23H16N8O2/c24-11-16-3-1-2-4-17(16)12-33-22-8-6-18(10-21(22)31-14-27-29-30-31)28-23(32)15-5-7-19-20(9-15)26-13-25-19/h1-10,13-14H,12H2,(H,25,26)(H,28,32). The second-order valence-electron chi connectivity index (χ2n) is 7.08. The van der Waals surface area contributed by atoms with Crippen molar-refractivity contribution in [2.24, 2.45) is 0 Å². The van der Waals surface area contributed by atoms with Gasteiger partial charge in [-0.1, -0.05) is 18.2 Å². The van der Waals surface area contributed by atoms with E-state index < -0.39 is 0 Å². The average Bonchev–Trinajstić information content (AvgIpc) is 3.55. The Hall–Kier alpha value is -5.04. The van der Waals surface area contributed by atoms with Crippen molar-refractivity contribution in [3.63, 3.8) is 0 Å². The van der Waals surface area contributed by atoms with E-state index in [0.29, 0.717) is 28.3 Å². The number of carbonyl (C=O) groups is 1.